The number of amides is 2. The van der Waals surface area contributed by atoms with Crippen molar-refractivity contribution in [1.29, 1.82) is 0 Å². The predicted octanol–water partition coefficient (Wildman–Crippen LogP) is 3.91. The van der Waals surface area contributed by atoms with Crippen LogP contribution in [0.5, 0.6) is 11.5 Å². The average Bonchev–Trinajstić information content (AvgIpc) is 3.45. The lowest BCUT2D eigenvalue weighted by molar-refractivity contribution is -0.134. The quantitative estimate of drug-likeness (QED) is 0.336. The zero-order valence-corrected chi connectivity index (χ0v) is 20.0. The van der Waals surface area contributed by atoms with Gasteiger partial charge in [0.05, 0.1) is 10.4 Å². The van der Waals surface area contributed by atoms with Gasteiger partial charge in [-0.1, -0.05) is 49.1 Å². The van der Waals surface area contributed by atoms with E-state index in [1.807, 2.05) is 17.5 Å². The minimum atomic E-state index is -0.223. The third-order valence-corrected chi connectivity index (χ3v) is 6.46. The van der Waals surface area contributed by atoms with Gasteiger partial charge in [-0.2, -0.15) is 0 Å². The lowest BCUT2D eigenvalue weighted by atomic mass is 10.0. The molecule has 35 heavy (non-hydrogen) atoms. The fourth-order valence-electron chi connectivity index (χ4n) is 3.75. The van der Waals surface area contributed by atoms with E-state index in [0.29, 0.717) is 54.5 Å². The molecule has 8 heteroatoms. The number of hydrogen-bond donors (Lipinski definition) is 0. The molecule has 0 aliphatic carbocycles. The SMILES string of the molecule is C=CCOc1ccc(C(=O)c2ccccc2)c(OCC(=O)N2CCN(C(=O)c3cccs3)CC2)c1. The summed E-state index contributed by atoms with van der Waals surface area (Å²) in [5.74, 6) is 0.370. The van der Waals surface area contributed by atoms with Crippen molar-refractivity contribution >= 4 is 28.9 Å². The van der Waals surface area contributed by atoms with E-state index in [2.05, 4.69) is 6.58 Å². The summed E-state index contributed by atoms with van der Waals surface area (Å²) in [6.07, 6.45) is 1.62. The zero-order valence-electron chi connectivity index (χ0n) is 19.2. The van der Waals surface area contributed by atoms with Crippen molar-refractivity contribution in [3.8, 4) is 11.5 Å². The molecule has 1 aliphatic rings. The molecule has 0 N–H and O–H groups in total. The van der Waals surface area contributed by atoms with Crippen molar-refractivity contribution in [2.24, 2.45) is 0 Å². The first-order valence-electron chi connectivity index (χ1n) is 11.3. The van der Waals surface area contributed by atoms with Gasteiger partial charge in [0.2, 0.25) is 0 Å². The molecule has 2 aromatic carbocycles. The molecule has 1 fully saturated rings. The Kier molecular flexibility index (Phi) is 7.95. The summed E-state index contributed by atoms with van der Waals surface area (Å²) < 4.78 is 11.4. The van der Waals surface area contributed by atoms with Gasteiger partial charge in [-0.25, -0.2) is 0 Å². The summed E-state index contributed by atoms with van der Waals surface area (Å²) in [6.45, 7) is 5.51. The number of ether oxygens (including phenoxy) is 2. The van der Waals surface area contributed by atoms with Crippen LogP contribution >= 0.6 is 11.3 Å². The highest BCUT2D eigenvalue weighted by Crippen LogP contribution is 2.27. The largest absolute Gasteiger partial charge is 0.489 e. The molecule has 4 rings (SSSR count). The van der Waals surface area contributed by atoms with E-state index >= 15 is 0 Å². The molecule has 0 saturated carbocycles. The molecule has 1 aliphatic heterocycles. The van der Waals surface area contributed by atoms with Crippen LogP contribution in [0, 0.1) is 0 Å². The Morgan fingerprint density at radius 1 is 0.914 bits per heavy atom. The van der Waals surface area contributed by atoms with E-state index in [4.69, 9.17) is 9.47 Å². The van der Waals surface area contributed by atoms with Gasteiger partial charge < -0.3 is 19.3 Å². The van der Waals surface area contributed by atoms with Crippen LogP contribution in [0.25, 0.3) is 0 Å². The van der Waals surface area contributed by atoms with Crippen LogP contribution in [-0.4, -0.2) is 66.8 Å². The van der Waals surface area contributed by atoms with E-state index in [-0.39, 0.29) is 30.0 Å². The van der Waals surface area contributed by atoms with Crippen molar-refractivity contribution in [2.75, 3.05) is 39.4 Å². The smallest absolute Gasteiger partial charge is 0.264 e. The molecule has 1 saturated heterocycles. The first-order valence-corrected chi connectivity index (χ1v) is 12.2. The highest BCUT2D eigenvalue weighted by molar-refractivity contribution is 7.12. The molecule has 0 unspecified atom stereocenters. The van der Waals surface area contributed by atoms with Gasteiger partial charge >= 0.3 is 0 Å². The third kappa shape index (κ3) is 5.96. The first kappa shape index (κ1) is 24.2. The van der Waals surface area contributed by atoms with Crippen molar-refractivity contribution in [3.63, 3.8) is 0 Å². The normalized spacial score (nSPS) is 13.3. The lowest BCUT2D eigenvalue weighted by Gasteiger charge is -2.34. The highest BCUT2D eigenvalue weighted by atomic mass is 32.1. The van der Waals surface area contributed by atoms with Crippen LogP contribution in [0.2, 0.25) is 0 Å². The van der Waals surface area contributed by atoms with Gasteiger partial charge in [-0.05, 0) is 23.6 Å². The number of carbonyl (C=O) groups is 3. The molecule has 7 nitrogen and oxygen atoms in total. The summed E-state index contributed by atoms with van der Waals surface area (Å²) in [5.41, 5.74) is 0.872. The fourth-order valence-corrected chi connectivity index (χ4v) is 4.44. The maximum absolute atomic E-state index is 13.1. The van der Waals surface area contributed by atoms with E-state index < -0.39 is 0 Å². The summed E-state index contributed by atoms with van der Waals surface area (Å²) in [6, 6.07) is 17.5. The molecule has 1 aromatic heterocycles. The fraction of sp³-hybridized carbons (Fsp3) is 0.222. The Morgan fingerprint density at radius 3 is 2.34 bits per heavy atom. The van der Waals surface area contributed by atoms with Crippen LogP contribution in [0.1, 0.15) is 25.6 Å². The number of benzene rings is 2. The van der Waals surface area contributed by atoms with Crippen LogP contribution in [0.15, 0.2) is 78.7 Å². The van der Waals surface area contributed by atoms with E-state index in [1.54, 1.807) is 64.4 Å². The Balaban J connectivity index is 1.41. The average molecular weight is 491 g/mol. The van der Waals surface area contributed by atoms with Crippen LogP contribution in [-0.2, 0) is 4.79 Å². The van der Waals surface area contributed by atoms with Crippen LogP contribution < -0.4 is 9.47 Å². The number of thiophene rings is 1. The Labute approximate surface area is 208 Å². The predicted molar refractivity (Wildman–Crippen MR) is 134 cm³/mol. The number of carbonyl (C=O) groups excluding carboxylic acids is 3. The van der Waals surface area contributed by atoms with Gasteiger partial charge in [-0.15, -0.1) is 11.3 Å². The lowest BCUT2D eigenvalue weighted by Crippen LogP contribution is -2.51. The minimum absolute atomic E-state index is 0.0104. The van der Waals surface area contributed by atoms with E-state index in [0.717, 1.165) is 0 Å². The van der Waals surface area contributed by atoms with Crippen LogP contribution in [0.3, 0.4) is 0 Å². The van der Waals surface area contributed by atoms with Gasteiger partial charge in [0.25, 0.3) is 11.8 Å². The molecule has 0 atom stereocenters. The zero-order chi connectivity index (χ0) is 24.6. The topological polar surface area (TPSA) is 76.2 Å². The number of nitrogens with zero attached hydrogens (tertiary/aromatic N) is 2. The summed E-state index contributed by atoms with van der Waals surface area (Å²) in [5, 5.41) is 1.87. The number of rotatable bonds is 9. The Hall–Kier alpha value is -3.91. The minimum Gasteiger partial charge on any atom is -0.489 e. The second-order valence-electron chi connectivity index (χ2n) is 7.89. The molecule has 0 radical (unpaired) electrons. The number of piperazine rings is 1. The number of hydrogen-bond acceptors (Lipinski definition) is 6. The Bertz CT molecular complexity index is 1190. The Morgan fingerprint density at radius 2 is 1.66 bits per heavy atom. The van der Waals surface area contributed by atoms with Crippen molar-refractivity contribution in [1.82, 2.24) is 9.80 Å². The molecular weight excluding hydrogens is 464 g/mol. The second kappa shape index (κ2) is 11.5. The molecule has 180 valence electrons. The molecular formula is C27H26N2O5S. The maximum Gasteiger partial charge on any atom is 0.264 e. The van der Waals surface area contributed by atoms with Gasteiger partial charge in [-0.3, -0.25) is 14.4 Å². The molecule has 0 spiro atoms. The van der Waals surface area contributed by atoms with Gasteiger partial charge in [0, 0.05) is 37.8 Å². The maximum atomic E-state index is 13.1. The second-order valence-corrected chi connectivity index (χ2v) is 8.84. The van der Waals surface area contributed by atoms with E-state index in [9.17, 15) is 14.4 Å². The van der Waals surface area contributed by atoms with Gasteiger partial charge in [0.15, 0.2) is 12.4 Å². The summed E-state index contributed by atoms with van der Waals surface area (Å²) in [4.78, 5) is 42.6. The molecule has 3 aromatic rings. The van der Waals surface area contributed by atoms with E-state index in [1.165, 1.54) is 11.3 Å². The van der Waals surface area contributed by atoms with Crippen LogP contribution in [0.4, 0.5) is 0 Å². The van der Waals surface area contributed by atoms with Crippen molar-refractivity contribution in [2.45, 2.75) is 0 Å². The summed E-state index contributed by atoms with van der Waals surface area (Å²) in [7, 11) is 0. The van der Waals surface area contributed by atoms with Gasteiger partial charge in [0.1, 0.15) is 18.1 Å². The van der Waals surface area contributed by atoms with Crippen molar-refractivity contribution in [3.05, 3.63) is 94.7 Å². The molecule has 2 heterocycles. The molecule has 0 bridgehead atoms. The third-order valence-electron chi connectivity index (χ3n) is 5.60. The number of ketones is 1. The molecule has 2 amide bonds. The standard InChI is InChI=1S/C27H26N2O5S/c1-2-16-33-21-10-11-22(26(31)20-7-4-3-5-8-20)23(18-21)34-19-25(30)28-12-14-29(15-13-28)27(32)24-9-6-17-35-24/h2-11,17-18H,1,12-16,19H2. The monoisotopic (exact) mass is 490 g/mol. The van der Waals surface area contributed by atoms with Crippen molar-refractivity contribution < 1.29 is 23.9 Å². The summed E-state index contributed by atoms with van der Waals surface area (Å²) >= 11 is 1.41. The highest BCUT2D eigenvalue weighted by Gasteiger charge is 2.26. The first-order chi connectivity index (χ1) is 17.1.